The molecule has 0 aromatic heterocycles. The second kappa shape index (κ2) is 8.62. The van der Waals surface area contributed by atoms with Crippen molar-refractivity contribution in [2.24, 2.45) is 0 Å². The first-order chi connectivity index (χ1) is 15.0. The van der Waals surface area contributed by atoms with E-state index in [0.29, 0.717) is 17.0 Å². The molecule has 0 fully saturated rings. The van der Waals surface area contributed by atoms with Crippen LogP contribution in [-0.2, 0) is 4.79 Å². The van der Waals surface area contributed by atoms with Crippen LogP contribution in [0.4, 0.5) is 5.69 Å². The molecule has 0 bridgehead atoms. The van der Waals surface area contributed by atoms with Gasteiger partial charge in [0, 0.05) is 11.3 Å². The largest absolute Gasteiger partial charge is 0.496 e. The van der Waals surface area contributed by atoms with Crippen molar-refractivity contribution >= 4 is 45.3 Å². The summed E-state index contributed by atoms with van der Waals surface area (Å²) >= 11 is 3.47. The Morgan fingerprint density at radius 3 is 2.35 bits per heavy atom. The maximum atomic E-state index is 13.4. The van der Waals surface area contributed by atoms with Crippen molar-refractivity contribution in [3.63, 3.8) is 0 Å². The van der Waals surface area contributed by atoms with E-state index in [1.54, 1.807) is 24.1 Å². The van der Waals surface area contributed by atoms with Gasteiger partial charge < -0.3 is 9.84 Å². The first-order valence-corrected chi connectivity index (χ1v) is 10.3. The number of carbonyl (C=O) groups excluding carboxylic acids is 1. The fourth-order valence-corrected chi connectivity index (χ4v) is 3.96. The van der Waals surface area contributed by atoms with Gasteiger partial charge in [-0.2, -0.15) is 0 Å². The summed E-state index contributed by atoms with van der Waals surface area (Å²) in [5, 5.41) is 9.18. The molecule has 0 spiro atoms. The Morgan fingerprint density at radius 2 is 1.74 bits per heavy atom. The van der Waals surface area contributed by atoms with Crippen molar-refractivity contribution in [2.45, 2.75) is 0 Å². The molecule has 1 aliphatic heterocycles. The van der Waals surface area contributed by atoms with E-state index in [0.717, 1.165) is 21.3 Å². The van der Waals surface area contributed by atoms with Crippen molar-refractivity contribution in [3.8, 4) is 5.75 Å². The lowest BCUT2D eigenvalue weighted by Gasteiger charge is -2.21. The topological polar surface area (TPSA) is 66.8 Å². The number of amides is 1. The molecule has 31 heavy (non-hydrogen) atoms. The third-order valence-electron chi connectivity index (χ3n) is 4.92. The van der Waals surface area contributed by atoms with E-state index in [-0.39, 0.29) is 11.5 Å². The molecule has 3 aromatic carbocycles. The smallest absolute Gasteiger partial charge is 0.335 e. The summed E-state index contributed by atoms with van der Waals surface area (Å²) in [6, 6.07) is 21.5. The van der Waals surface area contributed by atoms with Gasteiger partial charge in [-0.1, -0.05) is 36.4 Å². The number of carboxylic acid groups (broad SMARTS) is 1. The molecular formula is C25H18BrNO4. The van der Waals surface area contributed by atoms with E-state index in [1.807, 2.05) is 60.7 Å². The highest BCUT2D eigenvalue weighted by molar-refractivity contribution is 9.10. The zero-order chi connectivity index (χ0) is 22.0. The van der Waals surface area contributed by atoms with Crippen molar-refractivity contribution in [3.05, 3.63) is 106 Å². The van der Waals surface area contributed by atoms with Crippen LogP contribution < -0.4 is 9.64 Å². The van der Waals surface area contributed by atoms with Crippen molar-refractivity contribution in [1.29, 1.82) is 0 Å². The molecule has 3 aromatic rings. The minimum absolute atomic E-state index is 0.166. The molecule has 0 atom stereocenters. The Labute approximate surface area is 188 Å². The molecule has 4 rings (SSSR count). The second-order valence-corrected chi connectivity index (χ2v) is 7.74. The molecule has 1 aliphatic rings. The van der Waals surface area contributed by atoms with Crippen LogP contribution in [0.25, 0.3) is 11.8 Å². The Kier molecular flexibility index (Phi) is 5.73. The minimum atomic E-state index is -1.01. The Balaban J connectivity index is 1.78. The van der Waals surface area contributed by atoms with Crippen LogP contribution in [0, 0.1) is 0 Å². The van der Waals surface area contributed by atoms with Gasteiger partial charge >= 0.3 is 5.97 Å². The summed E-state index contributed by atoms with van der Waals surface area (Å²) < 4.78 is 6.07. The Hall–Kier alpha value is -3.64. The number of rotatable bonds is 5. The van der Waals surface area contributed by atoms with E-state index < -0.39 is 5.97 Å². The van der Waals surface area contributed by atoms with E-state index in [4.69, 9.17) is 4.74 Å². The molecule has 0 saturated heterocycles. The number of aromatic carboxylic acids is 1. The molecule has 0 unspecified atom stereocenters. The van der Waals surface area contributed by atoms with E-state index in [1.165, 1.54) is 12.1 Å². The van der Waals surface area contributed by atoms with E-state index in [2.05, 4.69) is 15.9 Å². The summed E-state index contributed by atoms with van der Waals surface area (Å²) in [6.45, 7) is 0. The van der Waals surface area contributed by atoms with Gasteiger partial charge in [0.2, 0.25) is 0 Å². The molecule has 5 nitrogen and oxygen atoms in total. The number of ether oxygens (including phenoxy) is 1. The molecule has 1 heterocycles. The quantitative estimate of drug-likeness (QED) is 0.485. The molecule has 0 saturated carbocycles. The molecule has 154 valence electrons. The highest BCUT2D eigenvalue weighted by Gasteiger charge is 2.30. The van der Waals surface area contributed by atoms with Crippen LogP contribution in [0.5, 0.6) is 5.75 Å². The lowest BCUT2D eigenvalue weighted by molar-refractivity contribution is -0.113. The van der Waals surface area contributed by atoms with Gasteiger partial charge in [-0.05, 0) is 75.6 Å². The average molecular weight is 476 g/mol. The lowest BCUT2D eigenvalue weighted by Crippen LogP contribution is -2.25. The number of hydrogen-bond donors (Lipinski definition) is 1. The van der Waals surface area contributed by atoms with Crippen LogP contribution in [0.1, 0.15) is 21.5 Å². The molecule has 6 heteroatoms. The van der Waals surface area contributed by atoms with Crippen molar-refractivity contribution in [1.82, 2.24) is 0 Å². The summed E-state index contributed by atoms with van der Waals surface area (Å²) in [5.41, 5.74) is 3.76. The van der Waals surface area contributed by atoms with Gasteiger partial charge in [0.15, 0.2) is 0 Å². The predicted molar refractivity (Wildman–Crippen MR) is 124 cm³/mol. The molecule has 0 radical (unpaired) electrons. The lowest BCUT2D eigenvalue weighted by atomic mass is 10.1. The van der Waals surface area contributed by atoms with Crippen LogP contribution in [-0.4, -0.2) is 24.1 Å². The maximum absolute atomic E-state index is 13.4. The zero-order valence-electron chi connectivity index (χ0n) is 16.6. The monoisotopic (exact) mass is 475 g/mol. The van der Waals surface area contributed by atoms with Gasteiger partial charge in [0.05, 0.1) is 22.8 Å². The van der Waals surface area contributed by atoms with E-state index in [9.17, 15) is 14.7 Å². The summed E-state index contributed by atoms with van der Waals surface area (Å²) in [5.74, 6) is -0.488. The summed E-state index contributed by atoms with van der Waals surface area (Å²) in [7, 11) is 1.60. The number of nitrogens with zero attached hydrogens (tertiary/aromatic N) is 1. The van der Waals surface area contributed by atoms with Gasteiger partial charge in [-0.3, -0.25) is 9.69 Å². The first kappa shape index (κ1) is 20.6. The first-order valence-electron chi connectivity index (χ1n) is 9.48. The van der Waals surface area contributed by atoms with Crippen molar-refractivity contribution < 1.29 is 19.4 Å². The third kappa shape index (κ3) is 4.15. The Morgan fingerprint density at radius 1 is 1.03 bits per heavy atom. The minimum Gasteiger partial charge on any atom is -0.496 e. The fraction of sp³-hybridized carbons (Fsp3) is 0.0400. The van der Waals surface area contributed by atoms with Crippen molar-refractivity contribution in [2.75, 3.05) is 12.0 Å². The highest BCUT2D eigenvalue weighted by Crippen LogP contribution is 2.36. The number of carboxylic acids is 1. The van der Waals surface area contributed by atoms with E-state index >= 15 is 0 Å². The fourth-order valence-electron chi connectivity index (χ4n) is 3.40. The number of halogens is 1. The van der Waals surface area contributed by atoms with Crippen LogP contribution in [0.3, 0.4) is 0 Å². The standard InChI is InChI=1S/C25H18BrNO4/c1-31-23-12-7-16(14-21(23)26)13-19-15-22(17-5-3-2-4-6-17)27(24(19)28)20-10-8-18(9-11-20)25(29)30/h2-15H,1H3,(H,29,30). The molecule has 0 aliphatic carbocycles. The Bertz CT molecular complexity index is 1210. The number of anilines is 1. The van der Waals surface area contributed by atoms with Gasteiger partial charge in [-0.15, -0.1) is 0 Å². The van der Waals surface area contributed by atoms with Gasteiger partial charge in [-0.25, -0.2) is 4.79 Å². The maximum Gasteiger partial charge on any atom is 0.335 e. The highest BCUT2D eigenvalue weighted by atomic mass is 79.9. The number of hydrogen-bond acceptors (Lipinski definition) is 3. The second-order valence-electron chi connectivity index (χ2n) is 6.88. The normalized spacial score (nSPS) is 14.6. The zero-order valence-corrected chi connectivity index (χ0v) is 18.2. The number of carbonyl (C=O) groups is 2. The number of benzene rings is 3. The van der Waals surface area contributed by atoms with Gasteiger partial charge in [0.25, 0.3) is 5.91 Å². The van der Waals surface area contributed by atoms with Gasteiger partial charge in [0.1, 0.15) is 5.75 Å². The van der Waals surface area contributed by atoms with Crippen LogP contribution in [0.2, 0.25) is 0 Å². The molecular weight excluding hydrogens is 458 g/mol. The van der Waals surface area contributed by atoms with Crippen LogP contribution >= 0.6 is 15.9 Å². The third-order valence-corrected chi connectivity index (χ3v) is 5.54. The molecule has 1 amide bonds. The van der Waals surface area contributed by atoms with Crippen LogP contribution in [0.15, 0.2) is 88.9 Å². The predicted octanol–water partition coefficient (Wildman–Crippen LogP) is 5.63. The summed E-state index contributed by atoms with van der Waals surface area (Å²) in [4.78, 5) is 26.2. The SMILES string of the molecule is COc1ccc(C=C2C=C(c3ccccc3)N(c3ccc(C(=O)O)cc3)C2=O)cc1Br. The molecule has 1 N–H and O–H groups in total. The average Bonchev–Trinajstić information content (AvgIpc) is 3.10. The number of methoxy groups -OCH3 is 1. The summed E-state index contributed by atoms with van der Waals surface area (Å²) in [6.07, 6.45) is 3.67.